The number of carbonyl (C=O) groups is 1. The SMILES string of the molecule is CC(Nc1cccnn1)C(=O)O. The van der Waals surface area contributed by atoms with Crippen LogP contribution in [0.5, 0.6) is 0 Å². The zero-order chi connectivity index (χ0) is 8.97. The van der Waals surface area contributed by atoms with Gasteiger partial charge in [0.1, 0.15) is 11.9 Å². The maximum absolute atomic E-state index is 10.4. The zero-order valence-electron chi connectivity index (χ0n) is 6.56. The first kappa shape index (κ1) is 8.45. The quantitative estimate of drug-likeness (QED) is 0.679. The Hall–Kier alpha value is -1.65. The lowest BCUT2D eigenvalue weighted by atomic mass is 10.3. The standard InChI is InChI=1S/C7H9N3O2/c1-5(7(11)12)9-6-3-2-4-8-10-6/h2-5H,1H3,(H,9,10)(H,11,12). The van der Waals surface area contributed by atoms with Gasteiger partial charge in [-0.1, -0.05) is 0 Å². The third-order valence-corrected chi connectivity index (χ3v) is 1.31. The molecule has 1 unspecified atom stereocenters. The summed E-state index contributed by atoms with van der Waals surface area (Å²) < 4.78 is 0. The van der Waals surface area contributed by atoms with Crippen LogP contribution in [-0.4, -0.2) is 27.3 Å². The first-order valence-corrected chi connectivity index (χ1v) is 3.47. The van der Waals surface area contributed by atoms with Crippen molar-refractivity contribution in [3.05, 3.63) is 18.3 Å². The summed E-state index contributed by atoms with van der Waals surface area (Å²) in [7, 11) is 0. The molecule has 2 N–H and O–H groups in total. The van der Waals surface area contributed by atoms with Crippen molar-refractivity contribution in [3.8, 4) is 0 Å². The van der Waals surface area contributed by atoms with Crippen LogP contribution in [0.2, 0.25) is 0 Å². The molecule has 0 fully saturated rings. The van der Waals surface area contributed by atoms with Crippen LogP contribution in [0.3, 0.4) is 0 Å². The number of nitrogens with one attached hydrogen (secondary N) is 1. The van der Waals surface area contributed by atoms with E-state index in [9.17, 15) is 4.79 Å². The van der Waals surface area contributed by atoms with E-state index in [0.717, 1.165) is 0 Å². The zero-order valence-corrected chi connectivity index (χ0v) is 6.56. The van der Waals surface area contributed by atoms with Gasteiger partial charge in [-0.05, 0) is 19.1 Å². The molecule has 0 spiro atoms. The van der Waals surface area contributed by atoms with Gasteiger partial charge in [-0.25, -0.2) is 0 Å². The van der Waals surface area contributed by atoms with Gasteiger partial charge in [-0.15, -0.1) is 5.10 Å². The van der Waals surface area contributed by atoms with Crippen molar-refractivity contribution in [1.82, 2.24) is 10.2 Å². The molecule has 5 nitrogen and oxygen atoms in total. The van der Waals surface area contributed by atoms with E-state index in [0.29, 0.717) is 5.82 Å². The van der Waals surface area contributed by atoms with Crippen LogP contribution in [0, 0.1) is 0 Å². The van der Waals surface area contributed by atoms with Gasteiger partial charge >= 0.3 is 5.97 Å². The molecular formula is C7H9N3O2. The van der Waals surface area contributed by atoms with E-state index < -0.39 is 12.0 Å². The Bertz CT molecular complexity index is 263. The van der Waals surface area contributed by atoms with Crippen LogP contribution in [0.4, 0.5) is 5.82 Å². The fourth-order valence-corrected chi connectivity index (χ4v) is 0.662. The van der Waals surface area contributed by atoms with Crippen molar-refractivity contribution in [2.75, 3.05) is 5.32 Å². The second kappa shape index (κ2) is 3.66. The maximum Gasteiger partial charge on any atom is 0.325 e. The molecule has 12 heavy (non-hydrogen) atoms. The van der Waals surface area contributed by atoms with Crippen molar-refractivity contribution in [2.45, 2.75) is 13.0 Å². The highest BCUT2D eigenvalue weighted by atomic mass is 16.4. The van der Waals surface area contributed by atoms with Gasteiger partial charge in [-0.3, -0.25) is 4.79 Å². The van der Waals surface area contributed by atoms with Crippen LogP contribution >= 0.6 is 0 Å². The largest absolute Gasteiger partial charge is 0.480 e. The number of hydrogen-bond donors (Lipinski definition) is 2. The van der Waals surface area contributed by atoms with E-state index in [-0.39, 0.29) is 0 Å². The first-order chi connectivity index (χ1) is 5.70. The predicted octanol–water partition coefficient (Wildman–Crippen LogP) is 0.362. The summed E-state index contributed by atoms with van der Waals surface area (Å²) >= 11 is 0. The molecule has 0 saturated carbocycles. The number of hydrogen-bond acceptors (Lipinski definition) is 4. The number of carboxylic acid groups (broad SMARTS) is 1. The lowest BCUT2D eigenvalue weighted by Gasteiger charge is -2.07. The van der Waals surface area contributed by atoms with Crippen molar-refractivity contribution >= 4 is 11.8 Å². The highest BCUT2D eigenvalue weighted by Gasteiger charge is 2.09. The Morgan fingerprint density at radius 3 is 3.00 bits per heavy atom. The summed E-state index contributed by atoms with van der Waals surface area (Å²) in [6, 6.07) is 2.69. The number of aliphatic carboxylic acids is 1. The normalized spacial score (nSPS) is 12.1. The molecule has 0 aliphatic rings. The first-order valence-electron chi connectivity index (χ1n) is 3.47. The predicted molar refractivity (Wildman–Crippen MR) is 42.8 cm³/mol. The van der Waals surface area contributed by atoms with Crippen molar-refractivity contribution in [3.63, 3.8) is 0 Å². The van der Waals surface area contributed by atoms with Gasteiger partial charge in [0, 0.05) is 6.20 Å². The molecule has 0 radical (unpaired) electrons. The summed E-state index contributed by atoms with van der Waals surface area (Å²) in [4.78, 5) is 10.4. The van der Waals surface area contributed by atoms with E-state index in [1.807, 2.05) is 0 Å². The second-order valence-corrected chi connectivity index (χ2v) is 2.31. The minimum Gasteiger partial charge on any atom is -0.480 e. The maximum atomic E-state index is 10.4. The minimum absolute atomic E-state index is 0.465. The van der Waals surface area contributed by atoms with E-state index >= 15 is 0 Å². The monoisotopic (exact) mass is 167 g/mol. The Morgan fingerprint density at radius 2 is 2.50 bits per heavy atom. The smallest absolute Gasteiger partial charge is 0.325 e. The molecule has 1 rings (SSSR count). The number of carboxylic acids is 1. The molecule has 0 bridgehead atoms. The van der Waals surface area contributed by atoms with Crippen LogP contribution in [0.25, 0.3) is 0 Å². The summed E-state index contributed by atoms with van der Waals surface area (Å²) in [5.41, 5.74) is 0. The number of nitrogens with zero attached hydrogens (tertiary/aromatic N) is 2. The van der Waals surface area contributed by atoms with Crippen molar-refractivity contribution in [1.29, 1.82) is 0 Å². The third kappa shape index (κ3) is 2.19. The van der Waals surface area contributed by atoms with Crippen LogP contribution < -0.4 is 5.32 Å². The average Bonchev–Trinajstić information content (AvgIpc) is 2.06. The summed E-state index contributed by atoms with van der Waals surface area (Å²) in [5, 5.41) is 18.5. The van der Waals surface area contributed by atoms with Gasteiger partial charge < -0.3 is 10.4 Å². The molecule has 0 aromatic carbocycles. The lowest BCUT2D eigenvalue weighted by Crippen LogP contribution is -2.25. The molecule has 0 saturated heterocycles. The lowest BCUT2D eigenvalue weighted by molar-refractivity contribution is -0.137. The van der Waals surface area contributed by atoms with Crippen LogP contribution in [-0.2, 0) is 4.79 Å². The molecule has 64 valence electrons. The third-order valence-electron chi connectivity index (χ3n) is 1.31. The Kier molecular flexibility index (Phi) is 2.57. The number of rotatable bonds is 3. The van der Waals surface area contributed by atoms with Gasteiger partial charge in [0.25, 0.3) is 0 Å². The van der Waals surface area contributed by atoms with E-state index in [1.54, 1.807) is 12.1 Å². The van der Waals surface area contributed by atoms with E-state index in [2.05, 4.69) is 15.5 Å². The molecule has 0 amide bonds. The van der Waals surface area contributed by atoms with Crippen molar-refractivity contribution < 1.29 is 9.90 Å². The average molecular weight is 167 g/mol. The number of anilines is 1. The molecule has 5 heteroatoms. The Morgan fingerprint density at radius 1 is 1.75 bits per heavy atom. The molecule has 1 aromatic heterocycles. The molecule has 1 aromatic rings. The topological polar surface area (TPSA) is 75.1 Å². The summed E-state index contributed by atoms with van der Waals surface area (Å²) in [6.45, 7) is 1.54. The van der Waals surface area contributed by atoms with Gasteiger partial charge in [0.2, 0.25) is 0 Å². The summed E-state index contributed by atoms with van der Waals surface area (Å²) in [5.74, 6) is -0.451. The fourth-order valence-electron chi connectivity index (χ4n) is 0.662. The van der Waals surface area contributed by atoms with E-state index in [1.165, 1.54) is 13.1 Å². The molecule has 0 aliphatic carbocycles. The van der Waals surface area contributed by atoms with E-state index in [4.69, 9.17) is 5.11 Å². The highest BCUT2D eigenvalue weighted by molar-refractivity contribution is 5.76. The second-order valence-electron chi connectivity index (χ2n) is 2.31. The van der Waals surface area contributed by atoms with Crippen LogP contribution in [0.1, 0.15) is 6.92 Å². The highest BCUT2D eigenvalue weighted by Crippen LogP contribution is 2.00. The molecule has 1 atom stereocenters. The fraction of sp³-hybridized carbons (Fsp3) is 0.286. The minimum atomic E-state index is -0.916. The molecular weight excluding hydrogens is 158 g/mol. The van der Waals surface area contributed by atoms with Crippen molar-refractivity contribution in [2.24, 2.45) is 0 Å². The Balaban J connectivity index is 2.58. The van der Waals surface area contributed by atoms with Gasteiger partial charge in [-0.2, -0.15) is 5.10 Å². The summed E-state index contributed by atoms with van der Waals surface area (Å²) in [6.07, 6.45) is 1.52. The Labute approximate surface area is 69.4 Å². The number of aromatic nitrogens is 2. The van der Waals surface area contributed by atoms with Gasteiger partial charge in [0.15, 0.2) is 0 Å². The van der Waals surface area contributed by atoms with Gasteiger partial charge in [0.05, 0.1) is 0 Å². The molecule has 0 aliphatic heterocycles. The molecule has 1 heterocycles. The van der Waals surface area contributed by atoms with Crippen LogP contribution in [0.15, 0.2) is 18.3 Å².